The second kappa shape index (κ2) is 6.00. The molecule has 0 spiro atoms. The molecule has 1 heterocycles. The van der Waals surface area contributed by atoms with Gasteiger partial charge in [-0.15, -0.1) is 11.3 Å². The fraction of sp³-hybridized carbons (Fsp3) is 0.667. The van der Waals surface area contributed by atoms with E-state index in [1.165, 1.54) is 11.3 Å². The highest BCUT2D eigenvalue weighted by molar-refractivity contribution is 7.14. The molecular formula is C12H20N2O2S. The van der Waals surface area contributed by atoms with Gasteiger partial charge in [-0.3, -0.25) is 0 Å². The van der Waals surface area contributed by atoms with E-state index in [0.29, 0.717) is 12.3 Å². The molecule has 1 rings (SSSR count). The number of hydrogen-bond donors (Lipinski definition) is 1. The number of anilines is 1. The largest absolute Gasteiger partial charge is 0.461 e. The molecule has 0 bridgehead atoms. The third-order valence-electron chi connectivity index (χ3n) is 3.01. The summed E-state index contributed by atoms with van der Waals surface area (Å²) in [5.74, 6) is -0.356. The van der Waals surface area contributed by atoms with Crippen LogP contribution in [0.5, 0.6) is 0 Å². The van der Waals surface area contributed by atoms with Crippen molar-refractivity contribution >= 4 is 22.3 Å². The Hall–Kier alpha value is -1.10. The number of aromatic nitrogens is 1. The number of esters is 1. The van der Waals surface area contributed by atoms with Crippen LogP contribution in [0.25, 0.3) is 0 Å². The lowest BCUT2D eigenvalue weighted by atomic mass is 9.96. The molecule has 0 atom stereocenters. The van der Waals surface area contributed by atoms with E-state index in [1.807, 2.05) is 0 Å². The molecule has 0 aliphatic carbocycles. The maximum atomic E-state index is 11.7. The molecule has 4 nitrogen and oxygen atoms in total. The van der Waals surface area contributed by atoms with Crippen molar-refractivity contribution in [1.29, 1.82) is 0 Å². The topological polar surface area (TPSA) is 51.2 Å². The number of nitrogens with zero attached hydrogens (tertiary/aromatic N) is 1. The molecule has 0 aliphatic heterocycles. The van der Waals surface area contributed by atoms with Gasteiger partial charge in [-0.05, 0) is 26.7 Å². The zero-order chi connectivity index (χ0) is 12.9. The average molecular weight is 256 g/mol. The van der Waals surface area contributed by atoms with Crippen LogP contribution in [-0.4, -0.2) is 23.1 Å². The van der Waals surface area contributed by atoms with Gasteiger partial charge in [0.25, 0.3) is 0 Å². The minimum Gasteiger partial charge on any atom is -0.461 e. The van der Waals surface area contributed by atoms with Crippen LogP contribution in [0.15, 0.2) is 5.51 Å². The number of carbonyl (C=O) groups excluding carboxylic acids is 1. The van der Waals surface area contributed by atoms with Crippen molar-refractivity contribution < 1.29 is 9.53 Å². The van der Waals surface area contributed by atoms with Crippen LogP contribution in [0.1, 0.15) is 51.0 Å². The summed E-state index contributed by atoms with van der Waals surface area (Å²) < 4.78 is 4.97. The third kappa shape index (κ3) is 3.43. The van der Waals surface area contributed by atoms with E-state index in [4.69, 9.17) is 4.74 Å². The molecule has 1 aromatic heterocycles. The summed E-state index contributed by atoms with van der Waals surface area (Å²) in [4.78, 5) is 15.7. The van der Waals surface area contributed by atoms with Crippen molar-refractivity contribution in [2.75, 3.05) is 11.9 Å². The van der Waals surface area contributed by atoms with Gasteiger partial charge < -0.3 is 10.1 Å². The number of ether oxygens (including phenoxy) is 1. The maximum absolute atomic E-state index is 11.7. The van der Waals surface area contributed by atoms with Gasteiger partial charge in [0, 0.05) is 5.54 Å². The lowest BCUT2D eigenvalue weighted by Crippen LogP contribution is -2.33. The lowest BCUT2D eigenvalue weighted by molar-refractivity contribution is 0.0521. The number of nitrogens with one attached hydrogen (secondary N) is 1. The molecule has 5 heteroatoms. The van der Waals surface area contributed by atoms with Crippen molar-refractivity contribution in [2.45, 2.75) is 46.1 Å². The molecule has 0 fully saturated rings. The van der Waals surface area contributed by atoms with Gasteiger partial charge in [0.2, 0.25) is 0 Å². The number of rotatable bonds is 6. The Morgan fingerprint density at radius 2 is 2.12 bits per heavy atom. The molecule has 0 aliphatic rings. The van der Waals surface area contributed by atoms with E-state index in [-0.39, 0.29) is 11.5 Å². The van der Waals surface area contributed by atoms with E-state index in [2.05, 4.69) is 31.1 Å². The molecule has 0 radical (unpaired) electrons. The normalized spacial score (nSPS) is 11.3. The zero-order valence-electron chi connectivity index (χ0n) is 10.9. The fourth-order valence-electron chi connectivity index (χ4n) is 1.38. The summed E-state index contributed by atoms with van der Waals surface area (Å²) in [6.07, 6.45) is 1.98. The van der Waals surface area contributed by atoms with Crippen LogP contribution in [0.2, 0.25) is 0 Å². The van der Waals surface area contributed by atoms with Crippen LogP contribution >= 0.6 is 11.3 Å². The quantitative estimate of drug-likeness (QED) is 0.793. The summed E-state index contributed by atoms with van der Waals surface area (Å²) in [6.45, 7) is 8.55. The summed E-state index contributed by atoms with van der Waals surface area (Å²) in [7, 11) is 0. The molecule has 0 saturated carbocycles. The van der Waals surface area contributed by atoms with E-state index in [0.717, 1.165) is 17.8 Å². The Bertz CT molecular complexity index is 372. The molecular weight excluding hydrogens is 236 g/mol. The molecule has 17 heavy (non-hydrogen) atoms. The monoisotopic (exact) mass is 256 g/mol. The molecule has 0 saturated heterocycles. The van der Waals surface area contributed by atoms with E-state index < -0.39 is 0 Å². The minimum absolute atomic E-state index is 0.00617. The van der Waals surface area contributed by atoms with Crippen molar-refractivity contribution in [3.8, 4) is 0 Å². The van der Waals surface area contributed by atoms with Gasteiger partial charge in [0.05, 0.1) is 12.1 Å². The zero-order valence-corrected chi connectivity index (χ0v) is 11.7. The summed E-state index contributed by atoms with van der Waals surface area (Å²) in [5.41, 5.74) is 2.05. The van der Waals surface area contributed by atoms with Crippen molar-refractivity contribution in [3.05, 3.63) is 11.2 Å². The van der Waals surface area contributed by atoms with Crippen molar-refractivity contribution in [1.82, 2.24) is 4.98 Å². The van der Waals surface area contributed by atoms with E-state index in [1.54, 1.807) is 12.4 Å². The standard InChI is InChI=1S/C12H20N2O2S/c1-5-12(4,6-2)14-10-9(13-8-17-10)11(15)16-7-3/h8,14H,5-7H2,1-4H3. The average Bonchev–Trinajstić information content (AvgIpc) is 2.77. The molecule has 0 aromatic carbocycles. The highest BCUT2D eigenvalue weighted by Crippen LogP contribution is 2.28. The Kier molecular flexibility index (Phi) is 4.93. The first-order valence-electron chi connectivity index (χ1n) is 5.95. The smallest absolute Gasteiger partial charge is 0.360 e. The SMILES string of the molecule is CCOC(=O)c1ncsc1NC(C)(CC)CC. The van der Waals surface area contributed by atoms with Crippen LogP contribution in [0.4, 0.5) is 5.00 Å². The predicted molar refractivity (Wildman–Crippen MR) is 70.7 cm³/mol. The highest BCUT2D eigenvalue weighted by Gasteiger charge is 2.24. The Morgan fingerprint density at radius 3 is 2.65 bits per heavy atom. The van der Waals surface area contributed by atoms with Gasteiger partial charge in [-0.2, -0.15) is 0 Å². The van der Waals surface area contributed by atoms with Gasteiger partial charge in [-0.25, -0.2) is 9.78 Å². The Morgan fingerprint density at radius 1 is 1.47 bits per heavy atom. The van der Waals surface area contributed by atoms with Crippen LogP contribution in [0.3, 0.4) is 0 Å². The van der Waals surface area contributed by atoms with Crippen LogP contribution in [0, 0.1) is 0 Å². The van der Waals surface area contributed by atoms with Crippen LogP contribution < -0.4 is 5.32 Å². The lowest BCUT2D eigenvalue weighted by Gasteiger charge is -2.28. The fourth-order valence-corrected chi connectivity index (χ4v) is 2.20. The van der Waals surface area contributed by atoms with Crippen molar-refractivity contribution in [2.24, 2.45) is 0 Å². The number of carbonyl (C=O) groups is 1. The minimum atomic E-state index is -0.356. The number of hydrogen-bond acceptors (Lipinski definition) is 5. The first-order valence-corrected chi connectivity index (χ1v) is 6.83. The summed E-state index contributed by atoms with van der Waals surface area (Å²) in [6, 6.07) is 0. The molecule has 1 aromatic rings. The first kappa shape index (κ1) is 14.0. The number of thiazole rings is 1. The van der Waals surface area contributed by atoms with Gasteiger partial charge >= 0.3 is 5.97 Å². The van der Waals surface area contributed by atoms with Gasteiger partial charge in [-0.1, -0.05) is 13.8 Å². The second-order valence-electron chi connectivity index (χ2n) is 4.14. The van der Waals surface area contributed by atoms with Gasteiger partial charge in [0.15, 0.2) is 5.69 Å². The molecule has 0 amide bonds. The summed E-state index contributed by atoms with van der Waals surface area (Å²) in [5, 5.41) is 4.20. The third-order valence-corrected chi connectivity index (χ3v) is 3.75. The molecule has 96 valence electrons. The molecule has 1 N–H and O–H groups in total. The molecule has 0 unspecified atom stereocenters. The van der Waals surface area contributed by atoms with Gasteiger partial charge in [0.1, 0.15) is 5.00 Å². The van der Waals surface area contributed by atoms with Crippen molar-refractivity contribution in [3.63, 3.8) is 0 Å². The Labute approximate surface area is 106 Å². The first-order chi connectivity index (χ1) is 8.06. The maximum Gasteiger partial charge on any atom is 0.360 e. The van der Waals surface area contributed by atoms with E-state index >= 15 is 0 Å². The Balaban J connectivity index is 2.85. The predicted octanol–water partition coefficient (Wildman–Crippen LogP) is 3.31. The van der Waals surface area contributed by atoms with E-state index in [9.17, 15) is 4.79 Å². The second-order valence-corrected chi connectivity index (χ2v) is 5.00. The highest BCUT2D eigenvalue weighted by atomic mass is 32.1. The summed E-state index contributed by atoms with van der Waals surface area (Å²) >= 11 is 1.44. The van der Waals surface area contributed by atoms with Crippen LogP contribution in [-0.2, 0) is 4.74 Å².